The Morgan fingerprint density at radius 2 is 1.77 bits per heavy atom. The third-order valence-corrected chi connectivity index (χ3v) is 9.12. The Hall–Kier alpha value is -3.99. The van der Waals surface area contributed by atoms with Gasteiger partial charge < -0.3 is 9.51 Å². The van der Waals surface area contributed by atoms with Gasteiger partial charge in [-0.1, -0.05) is 83.2 Å². The summed E-state index contributed by atoms with van der Waals surface area (Å²) in [5, 5.41) is 20.9. The summed E-state index contributed by atoms with van der Waals surface area (Å²) >= 11 is 8.86. The number of aliphatic hydroxyl groups excluding tert-OH is 1. The van der Waals surface area contributed by atoms with Crippen LogP contribution in [-0.2, 0) is 15.3 Å². The predicted molar refractivity (Wildman–Crippen MR) is 157 cm³/mol. The molecule has 5 aromatic rings. The molecule has 11 heteroatoms. The zero-order valence-electron chi connectivity index (χ0n) is 21.4. The van der Waals surface area contributed by atoms with Crippen molar-refractivity contribution in [1.29, 1.82) is 0 Å². The van der Waals surface area contributed by atoms with Gasteiger partial charge >= 0.3 is 5.91 Å². The first-order valence-electron chi connectivity index (χ1n) is 12.3. The number of hydrogen-bond donors (Lipinski definition) is 1. The lowest BCUT2D eigenvalue weighted by Gasteiger charge is -2.22. The van der Waals surface area contributed by atoms with Crippen molar-refractivity contribution in [2.45, 2.75) is 30.0 Å². The first-order valence-corrected chi connectivity index (χ1v) is 14.5. The van der Waals surface area contributed by atoms with Crippen LogP contribution in [0.4, 0.5) is 5.13 Å². The van der Waals surface area contributed by atoms with Gasteiger partial charge in [-0.15, -0.1) is 10.2 Å². The van der Waals surface area contributed by atoms with Gasteiger partial charge in [0.1, 0.15) is 11.3 Å². The van der Waals surface area contributed by atoms with E-state index in [4.69, 9.17) is 11.6 Å². The predicted octanol–water partition coefficient (Wildman–Crippen LogP) is 6.37. The summed E-state index contributed by atoms with van der Waals surface area (Å²) in [6, 6.07) is 19.6. The number of ketones is 1. The Bertz CT molecular complexity index is 1800. The normalized spacial score (nSPS) is 16.8. The summed E-state index contributed by atoms with van der Waals surface area (Å²) in [7, 11) is 0. The maximum absolute atomic E-state index is 13.5. The van der Waals surface area contributed by atoms with E-state index in [0.717, 1.165) is 11.1 Å². The van der Waals surface area contributed by atoms with E-state index in [2.05, 4.69) is 15.2 Å². The fourth-order valence-corrected chi connectivity index (χ4v) is 6.69. The highest BCUT2D eigenvalue weighted by molar-refractivity contribution is 8.00. The lowest BCUT2D eigenvalue weighted by molar-refractivity contribution is -0.132. The Kier molecular flexibility index (Phi) is 6.91. The molecule has 1 unspecified atom stereocenters. The molecule has 1 aliphatic heterocycles. The van der Waals surface area contributed by atoms with Gasteiger partial charge in [0.05, 0.1) is 17.3 Å². The van der Waals surface area contributed by atoms with Crippen LogP contribution in [0, 0.1) is 13.8 Å². The lowest BCUT2D eigenvalue weighted by Crippen LogP contribution is -2.29. The number of fused-ring (bicyclic) bond motifs is 1. The summed E-state index contributed by atoms with van der Waals surface area (Å²) in [4.78, 5) is 33.0. The first kappa shape index (κ1) is 26.2. The minimum atomic E-state index is -0.942. The van der Waals surface area contributed by atoms with Crippen LogP contribution in [-0.4, -0.2) is 36.4 Å². The highest BCUT2D eigenvalue weighted by Crippen LogP contribution is 2.44. The molecule has 0 radical (unpaired) electrons. The van der Waals surface area contributed by atoms with E-state index in [1.165, 1.54) is 28.0 Å². The molecule has 2 aromatic carbocycles. The minimum absolute atomic E-state index is 0.0647. The van der Waals surface area contributed by atoms with Crippen molar-refractivity contribution in [2.75, 3.05) is 4.90 Å². The maximum atomic E-state index is 13.5. The molecule has 1 aliphatic rings. The number of hydrogen-bond acceptors (Lipinski definition) is 8. The van der Waals surface area contributed by atoms with Crippen molar-refractivity contribution in [3.63, 3.8) is 0 Å². The summed E-state index contributed by atoms with van der Waals surface area (Å²) in [6.45, 7) is 3.73. The average Bonchev–Trinajstić information content (AvgIpc) is 3.64. The van der Waals surface area contributed by atoms with Crippen LogP contribution < -0.4 is 4.90 Å². The third-order valence-electron chi connectivity index (χ3n) is 6.75. The van der Waals surface area contributed by atoms with Gasteiger partial charge in [0, 0.05) is 17.0 Å². The number of carbonyl (C=O) groups excluding carboxylic acids is 2. The number of thioether (sulfide) groups is 1. The van der Waals surface area contributed by atoms with Gasteiger partial charge in [-0.3, -0.25) is 14.5 Å². The smallest absolute Gasteiger partial charge is 0.301 e. The zero-order chi connectivity index (χ0) is 28.0. The number of rotatable bonds is 6. The molecule has 200 valence electrons. The average molecular weight is 588 g/mol. The molecule has 8 nitrogen and oxygen atoms in total. The number of benzene rings is 2. The molecule has 4 heterocycles. The van der Waals surface area contributed by atoms with Gasteiger partial charge in [0.2, 0.25) is 5.13 Å². The highest BCUT2D eigenvalue weighted by Gasteiger charge is 2.48. The molecule has 1 atom stereocenters. The Labute approximate surface area is 243 Å². The van der Waals surface area contributed by atoms with Gasteiger partial charge in [0.25, 0.3) is 5.78 Å². The standard InChI is InChI=1S/C29H22ClN5O3S2/c1-16-7-6-14-34-17(2)22(31-26(16)34)24(36)21-23(19-10-12-20(30)13-11-19)35(27(38)25(21)37)28-32-33-29(40-28)39-15-18-8-4-3-5-9-18/h3-14,23,36H,15H2,1-2H3. The van der Waals surface area contributed by atoms with Gasteiger partial charge in [0.15, 0.2) is 10.1 Å². The van der Waals surface area contributed by atoms with E-state index in [0.29, 0.717) is 32.0 Å². The third kappa shape index (κ3) is 4.57. The summed E-state index contributed by atoms with van der Waals surface area (Å²) < 4.78 is 2.50. The van der Waals surface area contributed by atoms with E-state index in [1.807, 2.05) is 66.9 Å². The van der Waals surface area contributed by atoms with E-state index in [1.54, 1.807) is 24.3 Å². The fourth-order valence-electron chi connectivity index (χ4n) is 4.74. The summed E-state index contributed by atoms with van der Waals surface area (Å²) in [6.07, 6.45) is 1.84. The van der Waals surface area contributed by atoms with Gasteiger partial charge in [-0.05, 0) is 48.7 Å². The van der Waals surface area contributed by atoms with E-state index in [-0.39, 0.29) is 22.2 Å². The number of anilines is 1. The number of carbonyl (C=O) groups is 2. The molecule has 3 aromatic heterocycles. The quantitative estimate of drug-likeness (QED) is 0.0809. The van der Waals surface area contributed by atoms with Crippen molar-refractivity contribution in [2.24, 2.45) is 0 Å². The molecule has 40 heavy (non-hydrogen) atoms. The van der Waals surface area contributed by atoms with E-state index in [9.17, 15) is 14.7 Å². The maximum Gasteiger partial charge on any atom is 0.301 e. The molecule has 1 amide bonds. The number of amides is 1. The number of Topliss-reactive ketones (excluding diaryl/α,β-unsaturated/α-hetero) is 1. The van der Waals surface area contributed by atoms with Crippen molar-refractivity contribution in [3.05, 3.63) is 112 Å². The fraction of sp³-hybridized carbons (Fsp3) is 0.138. The second-order valence-electron chi connectivity index (χ2n) is 9.28. The molecular weight excluding hydrogens is 566 g/mol. The molecule has 0 spiro atoms. The molecule has 0 saturated carbocycles. The lowest BCUT2D eigenvalue weighted by atomic mass is 9.96. The van der Waals surface area contributed by atoms with Crippen molar-refractivity contribution < 1.29 is 14.7 Å². The van der Waals surface area contributed by atoms with Crippen LogP contribution in [0.2, 0.25) is 5.02 Å². The number of aryl methyl sites for hydroxylation is 2. The highest BCUT2D eigenvalue weighted by atomic mass is 35.5. The molecule has 0 bridgehead atoms. The largest absolute Gasteiger partial charge is 0.505 e. The van der Waals surface area contributed by atoms with E-state index >= 15 is 0 Å². The molecule has 1 N–H and O–H groups in total. The van der Waals surface area contributed by atoms with Crippen molar-refractivity contribution >= 4 is 62.9 Å². The zero-order valence-corrected chi connectivity index (χ0v) is 23.8. The van der Waals surface area contributed by atoms with Crippen molar-refractivity contribution in [3.8, 4) is 0 Å². The number of halogens is 1. The van der Waals surface area contributed by atoms with Crippen LogP contribution >= 0.6 is 34.7 Å². The second-order valence-corrected chi connectivity index (χ2v) is 11.9. The number of aliphatic hydroxyl groups is 1. The summed E-state index contributed by atoms with van der Waals surface area (Å²) in [5.74, 6) is -1.28. The number of aromatic nitrogens is 4. The Balaban J connectivity index is 1.45. The minimum Gasteiger partial charge on any atom is -0.505 e. The molecule has 1 fully saturated rings. The van der Waals surface area contributed by atoms with Gasteiger partial charge in [-0.2, -0.15) is 0 Å². The SMILES string of the molecule is Cc1cccn2c(C)c(C(O)=C3C(=O)C(=O)N(c4nnc(SCc5ccccc5)s4)C3c3ccc(Cl)cc3)nc12. The molecular formula is C29H22ClN5O3S2. The first-order chi connectivity index (χ1) is 19.3. The monoisotopic (exact) mass is 587 g/mol. The number of nitrogens with zero attached hydrogens (tertiary/aromatic N) is 5. The van der Waals surface area contributed by atoms with Crippen LogP contribution in [0.3, 0.4) is 0 Å². The Morgan fingerprint density at radius 3 is 2.50 bits per heavy atom. The van der Waals surface area contributed by atoms with Crippen LogP contribution in [0.25, 0.3) is 11.4 Å². The van der Waals surface area contributed by atoms with Crippen LogP contribution in [0.1, 0.15) is 34.1 Å². The van der Waals surface area contributed by atoms with Crippen LogP contribution in [0.15, 0.2) is 82.8 Å². The molecule has 1 saturated heterocycles. The number of imidazole rings is 1. The molecule has 6 rings (SSSR count). The second kappa shape index (κ2) is 10.5. The number of pyridine rings is 1. The van der Waals surface area contributed by atoms with E-state index < -0.39 is 17.7 Å². The Morgan fingerprint density at radius 1 is 1.02 bits per heavy atom. The van der Waals surface area contributed by atoms with Crippen molar-refractivity contribution in [1.82, 2.24) is 19.6 Å². The van der Waals surface area contributed by atoms with Crippen LogP contribution in [0.5, 0.6) is 0 Å². The topological polar surface area (TPSA) is 101 Å². The molecule has 0 aliphatic carbocycles. The summed E-state index contributed by atoms with van der Waals surface area (Å²) in [5.41, 5.74) is 4.11. The van der Waals surface area contributed by atoms with Gasteiger partial charge in [-0.25, -0.2) is 4.98 Å².